The van der Waals surface area contributed by atoms with Crippen molar-refractivity contribution in [2.75, 3.05) is 25.5 Å². The van der Waals surface area contributed by atoms with Crippen LogP contribution in [0.4, 0.5) is 0 Å². The van der Waals surface area contributed by atoms with Gasteiger partial charge >= 0.3 is 0 Å². The molecule has 0 saturated carbocycles. The van der Waals surface area contributed by atoms with Gasteiger partial charge < -0.3 is 18.6 Å². The van der Waals surface area contributed by atoms with Gasteiger partial charge in [0.2, 0.25) is 12.3 Å². The Morgan fingerprint density at radius 3 is 3.12 bits per heavy atom. The summed E-state index contributed by atoms with van der Waals surface area (Å²) in [5.74, 6) is 0.636. The summed E-state index contributed by atoms with van der Waals surface area (Å²) >= 11 is 1.27. The molecule has 0 spiro atoms. The fourth-order valence-corrected chi connectivity index (χ4v) is 3.29. The lowest BCUT2D eigenvalue weighted by atomic mass is 10.2. The van der Waals surface area contributed by atoms with E-state index < -0.39 is 0 Å². The highest BCUT2D eigenvalue weighted by Gasteiger charge is 2.31. The minimum atomic E-state index is -0.325. The smallest absolute Gasteiger partial charge is 0.257 e. The molecule has 3 heterocycles. The third kappa shape index (κ3) is 3.00. The Bertz CT molecular complexity index is 802. The first-order valence-electron chi connectivity index (χ1n) is 7.43. The topological polar surface area (TPSA) is 94.5 Å². The molecule has 0 radical (unpaired) electrons. The summed E-state index contributed by atoms with van der Waals surface area (Å²) in [6.07, 6.45) is 1.25. The molecule has 1 aliphatic heterocycles. The number of oxazole rings is 1. The monoisotopic (exact) mass is 346 g/mol. The maximum atomic E-state index is 12.6. The standard InChI is InChI=1S/C15H14N4O4S/c20-13(8-24-15-17-10-3-1-2-4-12(10)23-15)19-5-6-21-7-11(19)14-16-9-22-18-14/h1-4,9,11H,5-8H2/t11-/m1/s1. The lowest BCUT2D eigenvalue weighted by Crippen LogP contribution is -2.44. The Hall–Kier alpha value is -2.39. The van der Waals surface area contributed by atoms with Crippen molar-refractivity contribution in [3.63, 3.8) is 0 Å². The second-order valence-corrected chi connectivity index (χ2v) is 6.13. The molecule has 0 N–H and O–H groups in total. The van der Waals surface area contributed by atoms with Crippen molar-refractivity contribution in [3.8, 4) is 0 Å². The van der Waals surface area contributed by atoms with Gasteiger partial charge in [-0.25, -0.2) is 4.98 Å². The van der Waals surface area contributed by atoms with Crippen LogP contribution in [0, 0.1) is 0 Å². The van der Waals surface area contributed by atoms with Crippen LogP contribution in [0.15, 0.2) is 44.8 Å². The third-order valence-electron chi connectivity index (χ3n) is 3.72. The van der Waals surface area contributed by atoms with Gasteiger partial charge in [0.25, 0.3) is 5.22 Å². The number of nitrogens with zero attached hydrogens (tertiary/aromatic N) is 4. The molecule has 0 bridgehead atoms. The number of aromatic nitrogens is 3. The molecule has 8 nitrogen and oxygen atoms in total. The highest BCUT2D eigenvalue weighted by Crippen LogP contribution is 2.26. The number of para-hydroxylation sites is 2. The zero-order valence-electron chi connectivity index (χ0n) is 12.6. The fourth-order valence-electron chi connectivity index (χ4n) is 2.56. The zero-order chi connectivity index (χ0) is 16.4. The van der Waals surface area contributed by atoms with Gasteiger partial charge in [-0.05, 0) is 12.1 Å². The predicted molar refractivity (Wildman–Crippen MR) is 84.3 cm³/mol. The molecule has 2 aromatic heterocycles. The van der Waals surface area contributed by atoms with Crippen LogP contribution in [0.2, 0.25) is 0 Å². The Kier molecular flexibility index (Phi) is 4.18. The summed E-state index contributed by atoms with van der Waals surface area (Å²) in [6.45, 7) is 1.35. The molecule has 1 atom stereocenters. The van der Waals surface area contributed by atoms with E-state index in [1.807, 2.05) is 24.3 Å². The highest BCUT2D eigenvalue weighted by molar-refractivity contribution is 7.99. The largest absolute Gasteiger partial charge is 0.431 e. The van der Waals surface area contributed by atoms with Gasteiger partial charge in [-0.3, -0.25) is 4.79 Å². The van der Waals surface area contributed by atoms with E-state index in [0.717, 1.165) is 5.52 Å². The van der Waals surface area contributed by atoms with E-state index in [-0.39, 0.29) is 17.7 Å². The number of benzene rings is 1. The van der Waals surface area contributed by atoms with E-state index in [2.05, 4.69) is 15.1 Å². The average Bonchev–Trinajstić information content (AvgIpc) is 3.28. The Morgan fingerprint density at radius 2 is 2.29 bits per heavy atom. The fraction of sp³-hybridized carbons (Fsp3) is 0.333. The van der Waals surface area contributed by atoms with Gasteiger partial charge in [0, 0.05) is 6.54 Å². The maximum Gasteiger partial charge on any atom is 0.257 e. The van der Waals surface area contributed by atoms with Crippen molar-refractivity contribution < 1.29 is 18.5 Å². The van der Waals surface area contributed by atoms with Crippen molar-refractivity contribution in [2.45, 2.75) is 11.3 Å². The number of carbonyl (C=O) groups excluding carboxylic acids is 1. The number of ether oxygens (including phenoxy) is 1. The minimum Gasteiger partial charge on any atom is -0.431 e. The molecule has 3 aromatic rings. The number of rotatable bonds is 4. The number of fused-ring (bicyclic) bond motifs is 1. The summed E-state index contributed by atoms with van der Waals surface area (Å²) in [5, 5.41) is 4.30. The van der Waals surface area contributed by atoms with E-state index in [1.54, 1.807) is 4.90 Å². The molecule has 0 aliphatic carbocycles. The van der Waals surface area contributed by atoms with E-state index in [9.17, 15) is 4.79 Å². The minimum absolute atomic E-state index is 0.0413. The number of amides is 1. The van der Waals surface area contributed by atoms with Crippen molar-refractivity contribution >= 4 is 28.8 Å². The third-order valence-corrected chi connectivity index (χ3v) is 4.53. The molecule has 1 amide bonds. The van der Waals surface area contributed by atoms with Crippen LogP contribution in [0.1, 0.15) is 11.9 Å². The first-order chi connectivity index (χ1) is 11.8. The van der Waals surface area contributed by atoms with Crippen molar-refractivity contribution in [1.29, 1.82) is 0 Å². The predicted octanol–water partition coefficient (Wildman–Crippen LogP) is 1.90. The molecule has 4 rings (SSSR count). The Morgan fingerprint density at radius 1 is 1.38 bits per heavy atom. The molecule has 124 valence electrons. The zero-order valence-corrected chi connectivity index (χ0v) is 13.4. The van der Waals surface area contributed by atoms with Gasteiger partial charge in [-0.15, -0.1) is 0 Å². The molecule has 0 unspecified atom stereocenters. The van der Waals surface area contributed by atoms with Crippen LogP contribution in [-0.2, 0) is 9.53 Å². The van der Waals surface area contributed by atoms with Crippen molar-refractivity contribution in [1.82, 2.24) is 20.0 Å². The molecular formula is C15H14N4O4S. The Balaban J connectivity index is 1.44. The SMILES string of the molecule is O=C(CSc1nc2ccccc2o1)N1CCOC[C@@H]1c1ncon1. The van der Waals surface area contributed by atoms with Gasteiger partial charge in [0.05, 0.1) is 19.0 Å². The maximum absolute atomic E-state index is 12.6. The molecule has 1 fully saturated rings. The van der Waals surface area contributed by atoms with Gasteiger partial charge in [0.1, 0.15) is 11.6 Å². The number of morpholine rings is 1. The summed E-state index contributed by atoms with van der Waals surface area (Å²) < 4.78 is 15.8. The normalized spacial score (nSPS) is 18.2. The second kappa shape index (κ2) is 6.62. The summed E-state index contributed by atoms with van der Waals surface area (Å²) in [6, 6.07) is 7.18. The molecule has 1 aliphatic rings. The van der Waals surface area contributed by atoms with Crippen LogP contribution in [0.25, 0.3) is 11.1 Å². The first kappa shape index (κ1) is 15.2. The number of hydrogen-bond acceptors (Lipinski definition) is 8. The second-order valence-electron chi connectivity index (χ2n) is 5.20. The summed E-state index contributed by atoms with van der Waals surface area (Å²) in [5.41, 5.74) is 1.49. The first-order valence-corrected chi connectivity index (χ1v) is 8.41. The molecule has 9 heteroatoms. The molecular weight excluding hydrogens is 332 g/mol. The molecule has 24 heavy (non-hydrogen) atoms. The van der Waals surface area contributed by atoms with Crippen LogP contribution in [0.5, 0.6) is 0 Å². The van der Waals surface area contributed by atoms with E-state index >= 15 is 0 Å². The van der Waals surface area contributed by atoms with E-state index in [1.165, 1.54) is 18.2 Å². The lowest BCUT2D eigenvalue weighted by molar-refractivity contribution is -0.137. The number of thioether (sulfide) groups is 1. The van der Waals surface area contributed by atoms with Crippen LogP contribution in [-0.4, -0.2) is 51.4 Å². The van der Waals surface area contributed by atoms with E-state index in [0.29, 0.717) is 36.4 Å². The summed E-state index contributed by atoms with van der Waals surface area (Å²) in [4.78, 5) is 22.7. The quantitative estimate of drug-likeness (QED) is 0.661. The van der Waals surface area contributed by atoms with Crippen LogP contribution < -0.4 is 0 Å². The van der Waals surface area contributed by atoms with Crippen LogP contribution >= 0.6 is 11.8 Å². The molecule has 1 saturated heterocycles. The van der Waals surface area contributed by atoms with Crippen molar-refractivity contribution in [2.24, 2.45) is 0 Å². The average molecular weight is 346 g/mol. The number of hydrogen-bond donors (Lipinski definition) is 0. The number of carbonyl (C=O) groups is 1. The van der Waals surface area contributed by atoms with Gasteiger partial charge in [0.15, 0.2) is 11.4 Å². The summed E-state index contributed by atoms with van der Waals surface area (Å²) in [7, 11) is 0. The Labute approximate surface area is 141 Å². The van der Waals surface area contributed by atoms with Gasteiger partial charge in [-0.2, -0.15) is 4.98 Å². The van der Waals surface area contributed by atoms with E-state index in [4.69, 9.17) is 13.7 Å². The van der Waals surface area contributed by atoms with Crippen molar-refractivity contribution in [3.05, 3.63) is 36.5 Å². The molecule has 1 aromatic carbocycles. The lowest BCUT2D eigenvalue weighted by Gasteiger charge is -2.33. The highest BCUT2D eigenvalue weighted by atomic mass is 32.2. The van der Waals surface area contributed by atoms with Crippen LogP contribution in [0.3, 0.4) is 0 Å². The van der Waals surface area contributed by atoms with Gasteiger partial charge in [-0.1, -0.05) is 29.1 Å².